The standard InChI is InChI=1S/C12H15Br2N3S2/c1-2-5-15-6-3-4-10-16-17-12(19-10)8-7-9(13)18-11(8)14/h7,15H,2-6H2,1H3. The van der Waals surface area contributed by atoms with Gasteiger partial charge in [0.1, 0.15) is 10.0 Å². The Morgan fingerprint density at radius 2 is 2.05 bits per heavy atom. The van der Waals surface area contributed by atoms with Gasteiger partial charge in [0.05, 0.1) is 7.57 Å². The predicted molar refractivity (Wildman–Crippen MR) is 90.1 cm³/mol. The first-order chi connectivity index (χ1) is 9.20. The van der Waals surface area contributed by atoms with Crippen molar-refractivity contribution in [3.05, 3.63) is 18.6 Å². The summed E-state index contributed by atoms with van der Waals surface area (Å²) in [6.07, 6.45) is 3.30. The maximum Gasteiger partial charge on any atom is 0.149 e. The van der Waals surface area contributed by atoms with Crippen molar-refractivity contribution in [2.75, 3.05) is 13.1 Å². The molecule has 0 aliphatic carbocycles. The number of nitrogens with zero attached hydrogens (tertiary/aromatic N) is 2. The SMILES string of the molecule is CCCNCCCc1nnc(-c2cc(Br)sc2Br)s1. The Balaban J connectivity index is 1.90. The van der Waals surface area contributed by atoms with Crippen molar-refractivity contribution in [1.82, 2.24) is 15.5 Å². The lowest BCUT2D eigenvalue weighted by molar-refractivity contribution is 0.637. The minimum Gasteiger partial charge on any atom is -0.317 e. The molecule has 7 heteroatoms. The molecule has 0 saturated heterocycles. The van der Waals surface area contributed by atoms with Crippen molar-refractivity contribution in [3.63, 3.8) is 0 Å². The molecule has 3 nitrogen and oxygen atoms in total. The van der Waals surface area contributed by atoms with Crippen molar-refractivity contribution < 1.29 is 0 Å². The second-order valence-corrected chi connectivity index (χ2v) is 8.90. The van der Waals surface area contributed by atoms with Gasteiger partial charge in [0, 0.05) is 12.0 Å². The number of thiophene rings is 1. The molecule has 0 aliphatic rings. The fourth-order valence-corrected chi connectivity index (χ4v) is 5.52. The third-order valence-corrected chi connectivity index (χ3v) is 5.88. The van der Waals surface area contributed by atoms with E-state index in [1.165, 1.54) is 6.42 Å². The summed E-state index contributed by atoms with van der Waals surface area (Å²) in [6.45, 7) is 4.33. The molecule has 0 spiro atoms. The lowest BCUT2D eigenvalue weighted by Gasteiger charge is -1.99. The highest BCUT2D eigenvalue weighted by atomic mass is 79.9. The second kappa shape index (κ2) is 7.83. The molecule has 0 atom stereocenters. The van der Waals surface area contributed by atoms with Crippen molar-refractivity contribution >= 4 is 54.5 Å². The summed E-state index contributed by atoms with van der Waals surface area (Å²) >= 11 is 10.4. The Kier molecular flexibility index (Phi) is 6.41. The van der Waals surface area contributed by atoms with Crippen LogP contribution >= 0.6 is 54.5 Å². The van der Waals surface area contributed by atoms with E-state index in [9.17, 15) is 0 Å². The number of aromatic nitrogens is 2. The second-order valence-electron chi connectivity index (χ2n) is 4.09. The van der Waals surface area contributed by atoms with Gasteiger partial charge in [0.15, 0.2) is 0 Å². The molecular weight excluding hydrogens is 410 g/mol. The van der Waals surface area contributed by atoms with Crippen LogP contribution < -0.4 is 5.32 Å². The van der Waals surface area contributed by atoms with Gasteiger partial charge in [-0.2, -0.15) is 0 Å². The summed E-state index contributed by atoms with van der Waals surface area (Å²) < 4.78 is 2.21. The van der Waals surface area contributed by atoms with Gasteiger partial charge in [0.25, 0.3) is 0 Å². The minimum absolute atomic E-state index is 0.991. The molecule has 104 valence electrons. The molecule has 0 saturated carbocycles. The van der Waals surface area contributed by atoms with Crippen LogP contribution in [0.5, 0.6) is 0 Å². The molecule has 2 heterocycles. The lowest BCUT2D eigenvalue weighted by atomic mass is 10.3. The number of nitrogens with one attached hydrogen (secondary N) is 1. The van der Waals surface area contributed by atoms with Crippen LogP contribution in [0.3, 0.4) is 0 Å². The van der Waals surface area contributed by atoms with Crippen molar-refractivity contribution in [1.29, 1.82) is 0 Å². The molecule has 0 aliphatic heterocycles. The first kappa shape index (κ1) is 15.6. The minimum atomic E-state index is 0.991. The van der Waals surface area contributed by atoms with Crippen LogP contribution in [0.4, 0.5) is 0 Å². The van der Waals surface area contributed by atoms with E-state index in [1.807, 2.05) is 0 Å². The Morgan fingerprint density at radius 3 is 2.74 bits per heavy atom. The lowest BCUT2D eigenvalue weighted by Crippen LogP contribution is -2.16. The van der Waals surface area contributed by atoms with E-state index in [2.05, 4.69) is 60.4 Å². The number of hydrogen-bond donors (Lipinski definition) is 1. The molecule has 0 bridgehead atoms. The van der Waals surface area contributed by atoms with Gasteiger partial charge < -0.3 is 5.32 Å². The summed E-state index contributed by atoms with van der Waals surface area (Å²) in [5.74, 6) is 0. The Morgan fingerprint density at radius 1 is 1.21 bits per heavy atom. The normalized spacial score (nSPS) is 11.1. The van der Waals surface area contributed by atoms with Crippen LogP contribution in [0.1, 0.15) is 24.8 Å². The van der Waals surface area contributed by atoms with Crippen LogP contribution in [0.2, 0.25) is 0 Å². The highest BCUT2D eigenvalue weighted by molar-refractivity contribution is 9.12. The van der Waals surface area contributed by atoms with Crippen LogP contribution in [0.15, 0.2) is 13.6 Å². The first-order valence-corrected chi connectivity index (χ1v) is 9.41. The molecule has 0 unspecified atom stereocenters. The van der Waals surface area contributed by atoms with Gasteiger partial charge >= 0.3 is 0 Å². The van der Waals surface area contributed by atoms with E-state index in [1.54, 1.807) is 22.7 Å². The van der Waals surface area contributed by atoms with Gasteiger partial charge in [-0.25, -0.2) is 0 Å². The molecule has 2 aromatic heterocycles. The molecular formula is C12H15Br2N3S2. The van der Waals surface area contributed by atoms with E-state index in [0.717, 1.165) is 49.1 Å². The fourth-order valence-electron chi connectivity index (χ4n) is 1.62. The average Bonchev–Trinajstić information content (AvgIpc) is 2.95. The Bertz CT molecular complexity index is 525. The van der Waals surface area contributed by atoms with Gasteiger partial charge in [-0.05, 0) is 63.9 Å². The van der Waals surface area contributed by atoms with E-state index in [-0.39, 0.29) is 0 Å². The zero-order valence-electron chi connectivity index (χ0n) is 10.6. The van der Waals surface area contributed by atoms with Crippen molar-refractivity contribution in [2.45, 2.75) is 26.2 Å². The molecule has 0 radical (unpaired) electrons. The van der Waals surface area contributed by atoms with E-state index >= 15 is 0 Å². The topological polar surface area (TPSA) is 37.8 Å². The van der Waals surface area contributed by atoms with E-state index < -0.39 is 0 Å². The van der Waals surface area contributed by atoms with Crippen molar-refractivity contribution in [3.8, 4) is 10.6 Å². The number of rotatable bonds is 7. The molecule has 0 amide bonds. The van der Waals surface area contributed by atoms with Crippen LogP contribution in [-0.4, -0.2) is 23.3 Å². The van der Waals surface area contributed by atoms with Gasteiger partial charge in [0.2, 0.25) is 0 Å². The van der Waals surface area contributed by atoms with Crippen LogP contribution in [0, 0.1) is 0 Å². The monoisotopic (exact) mass is 423 g/mol. The number of hydrogen-bond acceptors (Lipinski definition) is 5. The third-order valence-electron chi connectivity index (χ3n) is 2.52. The first-order valence-electron chi connectivity index (χ1n) is 6.19. The summed E-state index contributed by atoms with van der Waals surface area (Å²) in [5.41, 5.74) is 1.13. The zero-order valence-corrected chi connectivity index (χ0v) is 15.4. The quantitative estimate of drug-likeness (QED) is 0.653. The van der Waals surface area contributed by atoms with Gasteiger partial charge in [-0.1, -0.05) is 18.3 Å². The highest BCUT2D eigenvalue weighted by Crippen LogP contribution is 2.39. The van der Waals surface area contributed by atoms with Crippen LogP contribution in [-0.2, 0) is 6.42 Å². The molecule has 0 aromatic carbocycles. The van der Waals surface area contributed by atoms with Gasteiger partial charge in [-0.15, -0.1) is 21.5 Å². The van der Waals surface area contributed by atoms with Crippen molar-refractivity contribution in [2.24, 2.45) is 0 Å². The predicted octanol–water partition coefficient (Wildman–Crippen LogP) is 4.72. The van der Waals surface area contributed by atoms with Gasteiger partial charge in [-0.3, -0.25) is 0 Å². The fraction of sp³-hybridized carbons (Fsp3) is 0.500. The molecule has 2 aromatic rings. The summed E-state index contributed by atoms with van der Waals surface area (Å²) in [5, 5.41) is 14.1. The molecule has 1 N–H and O–H groups in total. The molecule has 2 rings (SSSR count). The smallest absolute Gasteiger partial charge is 0.149 e. The van der Waals surface area contributed by atoms with E-state index in [0.29, 0.717) is 0 Å². The van der Waals surface area contributed by atoms with Crippen LogP contribution in [0.25, 0.3) is 10.6 Å². The largest absolute Gasteiger partial charge is 0.317 e. The maximum atomic E-state index is 4.28. The Hall–Kier alpha value is 0.180. The molecule has 19 heavy (non-hydrogen) atoms. The highest BCUT2D eigenvalue weighted by Gasteiger charge is 2.12. The average molecular weight is 425 g/mol. The third kappa shape index (κ3) is 4.60. The Labute approximate surface area is 138 Å². The number of halogens is 2. The maximum absolute atomic E-state index is 4.28. The number of aryl methyl sites for hydroxylation is 1. The molecule has 0 fully saturated rings. The summed E-state index contributed by atoms with van der Waals surface area (Å²) in [6, 6.07) is 2.09. The zero-order chi connectivity index (χ0) is 13.7. The summed E-state index contributed by atoms with van der Waals surface area (Å²) in [4.78, 5) is 0. The van der Waals surface area contributed by atoms with E-state index in [4.69, 9.17) is 0 Å². The summed E-state index contributed by atoms with van der Waals surface area (Å²) in [7, 11) is 0.